The number of hydrogen-bond donors (Lipinski definition) is 2. The Labute approximate surface area is 239 Å². The molecule has 12 heteroatoms. The van der Waals surface area contributed by atoms with Gasteiger partial charge in [0, 0.05) is 71.6 Å². The molecule has 1 aliphatic heterocycles. The molecule has 1 saturated heterocycles. The number of likely N-dealkylation sites (tertiary alicyclic amines) is 1. The molecule has 1 fully saturated rings. The predicted octanol–water partition coefficient (Wildman–Crippen LogP) is 4.89. The van der Waals surface area contributed by atoms with Crippen molar-refractivity contribution in [2.24, 2.45) is 16.6 Å². The molecule has 0 spiro atoms. The molecule has 224 valence electrons. The van der Waals surface area contributed by atoms with Crippen LogP contribution in [-0.4, -0.2) is 71.8 Å². The minimum Gasteiger partial charge on any atom is -0.403 e. The van der Waals surface area contributed by atoms with Crippen molar-refractivity contribution in [1.82, 2.24) is 14.8 Å². The zero-order chi connectivity index (χ0) is 30.6. The van der Waals surface area contributed by atoms with E-state index in [9.17, 15) is 22.8 Å². The lowest BCUT2D eigenvalue weighted by Gasteiger charge is -2.32. The van der Waals surface area contributed by atoms with E-state index in [2.05, 4.69) is 15.3 Å². The summed E-state index contributed by atoms with van der Waals surface area (Å²) in [6.07, 6.45) is 0.262. The normalized spacial score (nSPS) is 15.5. The Hall–Kier alpha value is -3.93. The maximum atomic E-state index is 12.9. The topological polar surface area (TPSA) is 113 Å². The van der Waals surface area contributed by atoms with E-state index in [-0.39, 0.29) is 30.8 Å². The number of carbonyl (C=O) groups excluding carboxylic acids is 2. The molecule has 1 aromatic heterocycles. The summed E-state index contributed by atoms with van der Waals surface area (Å²) < 4.78 is 36.6. The summed E-state index contributed by atoms with van der Waals surface area (Å²) in [7, 11) is 3.44. The molecule has 2 amide bonds. The first kappa shape index (κ1) is 33.3. The number of methoxy groups -OCH3 is 1. The van der Waals surface area contributed by atoms with Crippen LogP contribution in [0.25, 0.3) is 0 Å². The Bertz CT molecular complexity index is 1170. The summed E-state index contributed by atoms with van der Waals surface area (Å²) in [6, 6.07) is 13.4. The highest BCUT2D eigenvalue weighted by Gasteiger charge is 2.28. The van der Waals surface area contributed by atoms with Gasteiger partial charge in [0.15, 0.2) is 5.82 Å². The predicted molar refractivity (Wildman–Crippen MR) is 153 cm³/mol. The molecule has 2 aromatic rings. The molecular weight excluding hydrogens is 537 g/mol. The number of piperidine rings is 1. The number of rotatable bonds is 9. The molecule has 0 unspecified atom stereocenters. The number of amides is 2. The number of ether oxygens (including phenoxy) is 1. The maximum absolute atomic E-state index is 12.9. The number of hydrogen-bond acceptors (Lipinski definition) is 7. The van der Waals surface area contributed by atoms with Gasteiger partial charge in [-0.3, -0.25) is 9.59 Å². The largest absolute Gasteiger partial charge is 0.403 e. The molecule has 41 heavy (non-hydrogen) atoms. The number of nitrogens with zero attached hydrogens (tertiary/aromatic N) is 4. The van der Waals surface area contributed by atoms with Gasteiger partial charge >= 0.3 is 6.18 Å². The number of benzene rings is 1. The van der Waals surface area contributed by atoms with E-state index < -0.39 is 6.18 Å². The number of alkyl halides is 3. The monoisotopic (exact) mass is 576 g/mol. The highest BCUT2D eigenvalue weighted by molar-refractivity contribution is 6.06. The molecule has 3 rings (SSSR count). The van der Waals surface area contributed by atoms with Crippen LogP contribution in [0.4, 0.5) is 24.7 Å². The van der Waals surface area contributed by atoms with Gasteiger partial charge in [-0.05, 0) is 49.6 Å². The van der Waals surface area contributed by atoms with Crippen molar-refractivity contribution in [2.75, 3.05) is 32.6 Å². The van der Waals surface area contributed by atoms with Gasteiger partial charge in [-0.1, -0.05) is 18.2 Å². The molecule has 0 bridgehead atoms. The second-order valence-corrected chi connectivity index (χ2v) is 9.72. The minimum atomic E-state index is -4.00. The van der Waals surface area contributed by atoms with Crippen LogP contribution in [0.5, 0.6) is 0 Å². The van der Waals surface area contributed by atoms with Crippen LogP contribution < -0.4 is 11.1 Å². The van der Waals surface area contributed by atoms with Crippen molar-refractivity contribution in [1.29, 1.82) is 0 Å². The molecule has 0 radical (unpaired) electrons. The highest BCUT2D eigenvalue weighted by Crippen LogP contribution is 2.21. The molecule has 9 nitrogen and oxygen atoms in total. The van der Waals surface area contributed by atoms with E-state index in [0.29, 0.717) is 49.7 Å². The Kier molecular flexibility index (Phi) is 12.8. The van der Waals surface area contributed by atoms with Crippen molar-refractivity contribution in [3.05, 3.63) is 66.1 Å². The van der Waals surface area contributed by atoms with Crippen LogP contribution >= 0.6 is 0 Å². The second kappa shape index (κ2) is 15.8. The zero-order valence-electron chi connectivity index (χ0n) is 24.1. The maximum Gasteiger partial charge on any atom is 0.386 e. The Morgan fingerprint density at radius 3 is 2.32 bits per heavy atom. The fourth-order valence-corrected chi connectivity index (χ4v) is 4.17. The third-order valence-corrected chi connectivity index (χ3v) is 6.38. The van der Waals surface area contributed by atoms with Gasteiger partial charge in [0.25, 0.3) is 0 Å². The van der Waals surface area contributed by atoms with E-state index in [1.807, 2.05) is 56.4 Å². The molecular formula is C29H39F3N6O3. The van der Waals surface area contributed by atoms with E-state index in [4.69, 9.17) is 10.5 Å². The quantitative estimate of drug-likeness (QED) is 0.411. The number of halogens is 3. The molecule has 1 aromatic carbocycles. The number of anilines is 1. The summed E-state index contributed by atoms with van der Waals surface area (Å²) >= 11 is 0. The van der Waals surface area contributed by atoms with Gasteiger partial charge in [-0.2, -0.15) is 13.2 Å². The minimum absolute atomic E-state index is 0.0385. The number of nitrogens with one attached hydrogen (secondary N) is 1. The van der Waals surface area contributed by atoms with Crippen molar-refractivity contribution < 1.29 is 27.5 Å². The van der Waals surface area contributed by atoms with Crippen molar-refractivity contribution >= 4 is 29.0 Å². The van der Waals surface area contributed by atoms with Crippen molar-refractivity contribution in [3.8, 4) is 0 Å². The molecule has 3 N–H and O–H groups in total. The van der Waals surface area contributed by atoms with Gasteiger partial charge in [-0.15, -0.1) is 0 Å². The Balaban J connectivity index is 0.00000108. The summed E-state index contributed by atoms with van der Waals surface area (Å²) in [5.74, 6) is 0.719. The lowest BCUT2D eigenvalue weighted by Crippen LogP contribution is -2.42. The van der Waals surface area contributed by atoms with Crippen LogP contribution in [0.2, 0.25) is 0 Å². The van der Waals surface area contributed by atoms with Gasteiger partial charge < -0.3 is 25.6 Å². The van der Waals surface area contributed by atoms with Crippen LogP contribution in [0.3, 0.4) is 0 Å². The van der Waals surface area contributed by atoms with E-state index in [1.165, 1.54) is 6.20 Å². The molecule has 1 atom stereocenters. The molecule has 1 aliphatic rings. The molecule has 2 heterocycles. The lowest BCUT2D eigenvalue weighted by atomic mass is 9.95. The average Bonchev–Trinajstić information content (AvgIpc) is 2.94. The number of carbonyl (C=O) groups is 2. The van der Waals surface area contributed by atoms with Gasteiger partial charge in [0.05, 0.1) is 17.5 Å². The van der Waals surface area contributed by atoms with E-state index >= 15 is 0 Å². The zero-order valence-corrected chi connectivity index (χ0v) is 24.1. The van der Waals surface area contributed by atoms with Gasteiger partial charge in [-0.25, -0.2) is 9.98 Å². The SMILES string of the molecule is CC(F)(F)F.CO[C@@H](C)C(=N\c1ccccn1)/C(=C\N)Nc1ccc(CN(C)C(=O)C2CCN(C(C)=O)CC2)cc1. The first-order valence-electron chi connectivity index (χ1n) is 13.2. The van der Waals surface area contributed by atoms with Crippen LogP contribution in [0, 0.1) is 5.92 Å². The number of nitrogens with two attached hydrogens (primary N) is 1. The smallest absolute Gasteiger partial charge is 0.386 e. The standard InChI is InChI=1S/C27H36N6O3.C2H3F3/c1-19(36-4)26(31-25-7-5-6-14-29-25)24(17-28)30-23-10-8-21(9-11-23)18-32(3)27(35)22-12-15-33(16-13-22)20(2)34;1-2(3,4)5/h5-11,14,17,19,22,30H,12-13,15-16,18,28H2,1-4H3;1H3/b24-17+,31-26+;/t19-;/m0./s1. The van der Waals surface area contributed by atoms with Crippen molar-refractivity contribution in [3.63, 3.8) is 0 Å². The number of aliphatic imine (C=N–C) groups is 1. The van der Waals surface area contributed by atoms with Gasteiger partial charge in [0.2, 0.25) is 11.8 Å². The Morgan fingerprint density at radius 1 is 1.22 bits per heavy atom. The van der Waals surface area contributed by atoms with Crippen molar-refractivity contribution in [2.45, 2.75) is 52.4 Å². The Morgan fingerprint density at radius 2 is 1.83 bits per heavy atom. The fraction of sp³-hybridized carbons (Fsp3) is 0.448. The van der Waals surface area contributed by atoms with Crippen LogP contribution in [0.15, 0.2) is 65.6 Å². The van der Waals surface area contributed by atoms with E-state index in [1.54, 1.807) is 30.0 Å². The summed E-state index contributed by atoms with van der Waals surface area (Å²) in [4.78, 5) is 36.9. The van der Waals surface area contributed by atoms with Crippen LogP contribution in [-0.2, 0) is 20.9 Å². The number of aromatic nitrogens is 1. The van der Waals surface area contributed by atoms with E-state index in [0.717, 1.165) is 11.3 Å². The molecule has 0 aliphatic carbocycles. The lowest BCUT2D eigenvalue weighted by molar-refractivity contribution is -0.139. The fourth-order valence-electron chi connectivity index (χ4n) is 4.17. The summed E-state index contributed by atoms with van der Waals surface area (Å²) in [5, 5.41) is 3.32. The van der Waals surface area contributed by atoms with Crippen LogP contribution in [0.1, 0.15) is 39.2 Å². The number of pyridine rings is 1. The van der Waals surface area contributed by atoms with Gasteiger partial charge in [0.1, 0.15) is 0 Å². The first-order valence-corrected chi connectivity index (χ1v) is 13.2. The summed E-state index contributed by atoms with van der Waals surface area (Å²) in [5.41, 5.74) is 9.04. The second-order valence-electron chi connectivity index (χ2n) is 9.72. The third kappa shape index (κ3) is 11.6. The highest BCUT2D eigenvalue weighted by atomic mass is 19.4. The average molecular weight is 577 g/mol. The third-order valence-electron chi connectivity index (χ3n) is 6.38. The first-order chi connectivity index (χ1) is 19.3. The summed E-state index contributed by atoms with van der Waals surface area (Å²) in [6.45, 7) is 5.46. The molecule has 0 saturated carbocycles.